The van der Waals surface area contributed by atoms with E-state index in [1.54, 1.807) is 26.4 Å². The third-order valence-corrected chi connectivity index (χ3v) is 7.70. The zero-order valence-electron chi connectivity index (χ0n) is 25.5. The molecule has 2 heterocycles. The third kappa shape index (κ3) is 6.48. The maximum Gasteiger partial charge on any atom is 0.222 e. The lowest BCUT2D eigenvalue weighted by molar-refractivity contribution is 0.112. The van der Waals surface area contributed by atoms with Crippen LogP contribution in [0.25, 0.3) is 21.7 Å². The Bertz CT molecular complexity index is 2060. The second-order valence-corrected chi connectivity index (χ2v) is 10.7. The van der Waals surface area contributed by atoms with Gasteiger partial charge in [0.15, 0.2) is 17.3 Å². The van der Waals surface area contributed by atoms with Crippen LogP contribution in [0.3, 0.4) is 0 Å². The van der Waals surface area contributed by atoms with Crippen molar-refractivity contribution in [3.63, 3.8) is 0 Å². The van der Waals surface area contributed by atoms with Crippen molar-refractivity contribution in [2.75, 3.05) is 19.1 Å². The van der Waals surface area contributed by atoms with Gasteiger partial charge in [0.25, 0.3) is 0 Å². The predicted octanol–water partition coefficient (Wildman–Crippen LogP) is 7.25. The van der Waals surface area contributed by atoms with E-state index in [0.717, 1.165) is 11.1 Å². The van der Waals surface area contributed by atoms with Gasteiger partial charge in [0.05, 0.1) is 32.7 Å². The minimum Gasteiger partial charge on any atom is -0.497 e. The van der Waals surface area contributed by atoms with Gasteiger partial charge in [0, 0.05) is 36.2 Å². The lowest BCUT2D eigenvalue weighted by Gasteiger charge is -2.25. The van der Waals surface area contributed by atoms with E-state index >= 15 is 4.39 Å². The maximum absolute atomic E-state index is 15.5. The van der Waals surface area contributed by atoms with Gasteiger partial charge in [-0.1, -0.05) is 54.6 Å². The topological polar surface area (TPSA) is 86.2 Å². The molecule has 0 fully saturated rings. The number of methoxy groups -OCH3 is 2. The third-order valence-electron chi connectivity index (χ3n) is 7.70. The van der Waals surface area contributed by atoms with E-state index in [0.29, 0.717) is 42.3 Å². The quantitative estimate of drug-likeness (QED) is 0.110. The summed E-state index contributed by atoms with van der Waals surface area (Å²) in [5.74, 6) is 0.772. The van der Waals surface area contributed by atoms with Crippen LogP contribution in [0, 0.1) is 18.2 Å². The number of benzene rings is 4. The summed E-state index contributed by atoms with van der Waals surface area (Å²) in [6.45, 7) is 8.15. The molecule has 9 nitrogen and oxygen atoms in total. The number of halogens is 2. The normalized spacial score (nSPS) is 10.9. The molecule has 0 saturated heterocycles. The van der Waals surface area contributed by atoms with Crippen LogP contribution in [0.2, 0.25) is 0 Å². The Hall–Kier alpha value is -6.15. The van der Waals surface area contributed by atoms with Gasteiger partial charge >= 0.3 is 0 Å². The van der Waals surface area contributed by atoms with E-state index in [4.69, 9.17) is 26.0 Å². The van der Waals surface area contributed by atoms with E-state index in [1.165, 1.54) is 35.0 Å². The summed E-state index contributed by atoms with van der Waals surface area (Å²) in [5.41, 5.74) is 2.78. The number of carbonyl (C=O) groups excluding carboxylic acids is 1. The minimum absolute atomic E-state index is 0.0598. The van der Waals surface area contributed by atoms with E-state index in [-0.39, 0.29) is 40.3 Å². The Morgan fingerprint density at radius 1 is 0.872 bits per heavy atom. The molecule has 0 N–H and O–H groups in total. The number of hydrogen-bond acceptors (Lipinski definition) is 7. The number of carbonyl (C=O) groups is 1. The molecule has 0 unspecified atom stereocenters. The first kappa shape index (κ1) is 30.9. The first-order valence-corrected chi connectivity index (χ1v) is 14.6. The number of rotatable bonds is 11. The number of hydrogen-bond donors (Lipinski definition) is 0. The van der Waals surface area contributed by atoms with Crippen LogP contribution in [-0.4, -0.2) is 40.1 Å². The Labute approximate surface area is 269 Å². The van der Waals surface area contributed by atoms with Crippen molar-refractivity contribution in [2.45, 2.75) is 19.5 Å². The number of anilines is 1. The summed E-state index contributed by atoms with van der Waals surface area (Å²) in [6.07, 6.45) is 2.07. The largest absolute Gasteiger partial charge is 0.497 e. The van der Waals surface area contributed by atoms with Crippen LogP contribution >= 0.6 is 0 Å². The highest BCUT2D eigenvalue weighted by molar-refractivity contribution is 5.77. The maximum atomic E-state index is 15.5. The molecule has 6 rings (SSSR count). The van der Waals surface area contributed by atoms with Gasteiger partial charge in [-0.2, -0.15) is 5.10 Å². The zero-order valence-corrected chi connectivity index (χ0v) is 25.5. The molecule has 4 aromatic carbocycles. The highest BCUT2D eigenvalue weighted by Gasteiger charge is 2.22. The van der Waals surface area contributed by atoms with E-state index in [1.807, 2.05) is 53.4 Å². The van der Waals surface area contributed by atoms with Gasteiger partial charge in [0.1, 0.15) is 29.4 Å². The fraction of sp³-hybridized carbons (Fsp3) is 0.139. The summed E-state index contributed by atoms with van der Waals surface area (Å²) in [7, 11) is 3.20. The average molecular weight is 631 g/mol. The highest BCUT2D eigenvalue weighted by Crippen LogP contribution is 2.32. The average Bonchev–Trinajstić information content (AvgIpc) is 3.51. The predicted molar refractivity (Wildman–Crippen MR) is 173 cm³/mol. The Kier molecular flexibility index (Phi) is 8.84. The molecule has 0 bridgehead atoms. The molecule has 0 aliphatic rings. The molecule has 0 spiro atoms. The monoisotopic (exact) mass is 630 g/mol. The van der Waals surface area contributed by atoms with Crippen molar-refractivity contribution < 1.29 is 23.0 Å². The van der Waals surface area contributed by atoms with Crippen LogP contribution in [0.4, 0.5) is 20.3 Å². The van der Waals surface area contributed by atoms with Crippen LogP contribution in [0.5, 0.6) is 11.5 Å². The van der Waals surface area contributed by atoms with E-state index < -0.39 is 11.6 Å². The molecule has 0 amide bonds. The molecule has 234 valence electrons. The van der Waals surface area contributed by atoms with Crippen molar-refractivity contribution in [3.05, 3.63) is 142 Å². The summed E-state index contributed by atoms with van der Waals surface area (Å²) < 4.78 is 42.6. The molecule has 0 aliphatic carbocycles. The molecule has 47 heavy (non-hydrogen) atoms. The first-order chi connectivity index (χ1) is 22.9. The van der Waals surface area contributed by atoms with E-state index in [9.17, 15) is 9.18 Å². The molecular formula is C36H28F2N6O3. The van der Waals surface area contributed by atoms with Crippen LogP contribution in [-0.2, 0) is 19.5 Å². The van der Waals surface area contributed by atoms with Crippen molar-refractivity contribution in [1.29, 1.82) is 0 Å². The molecule has 0 saturated carbocycles. The summed E-state index contributed by atoms with van der Waals surface area (Å²) in [5, 5.41) is 4.63. The number of fused-ring (bicyclic) bond motifs is 1. The summed E-state index contributed by atoms with van der Waals surface area (Å²) in [6, 6.07) is 24.0. The number of aromatic nitrogens is 4. The Morgan fingerprint density at radius 2 is 1.51 bits per heavy atom. The molecule has 2 aromatic heterocycles. The fourth-order valence-corrected chi connectivity index (χ4v) is 5.28. The molecule has 0 aliphatic heterocycles. The fourth-order valence-electron chi connectivity index (χ4n) is 5.28. The van der Waals surface area contributed by atoms with Gasteiger partial charge in [-0.15, -0.1) is 0 Å². The lowest BCUT2D eigenvalue weighted by Crippen LogP contribution is -2.24. The van der Waals surface area contributed by atoms with Crippen molar-refractivity contribution in [2.24, 2.45) is 0 Å². The van der Waals surface area contributed by atoms with E-state index in [2.05, 4.69) is 9.94 Å². The molecule has 11 heteroatoms. The SMILES string of the molecule is [C-]#[N+]c1cccc(-c2cn3nc(Cc4c(F)cccc4C=O)nc3c(N(Cc3ccc(OC)cc3)Cc3ccc(OC)cc3)n2)c1F. The van der Waals surface area contributed by atoms with Gasteiger partial charge in [-0.3, -0.25) is 4.79 Å². The molecular weight excluding hydrogens is 602 g/mol. The van der Waals surface area contributed by atoms with Crippen LogP contribution in [0.15, 0.2) is 91.1 Å². The number of ether oxygens (including phenoxy) is 2. The summed E-state index contributed by atoms with van der Waals surface area (Å²) in [4.78, 5) is 26.7. The second-order valence-electron chi connectivity index (χ2n) is 10.7. The van der Waals surface area contributed by atoms with Crippen LogP contribution < -0.4 is 14.4 Å². The second kappa shape index (κ2) is 13.5. The molecule has 0 radical (unpaired) electrons. The van der Waals surface area contributed by atoms with Crippen LogP contribution in [0.1, 0.15) is 32.9 Å². The first-order valence-electron chi connectivity index (χ1n) is 14.6. The minimum atomic E-state index is -0.709. The zero-order chi connectivity index (χ0) is 32.9. The number of nitrogens with zero attached hydrogens (tertiary/aromatic N) is 6. The summed E-state index contributed by atoms with van der Waals surface area (Å²) >= 11 is 0. The van der Waals surface area contributed by atoms with Gasteiger partial charge < -0.3 is 14.4 Å². The molecule has 0 atom stereocenters. The van der Waals surface area contributed by atoms with Crippen molar-refractivity contribution >= 4 is 23.4 Å². The van der Waals surface area contributed by atoms with Crippen molar-refractivity contribution in [3.8, 4) is 22.8 Å². The molecule has 6 aromatic rings. The highest BCUT2D eigenvalue weighted by atomic mass is 19.1. The lowest BCUT2D eigenvalue weighted by atomic mass is 10.0. The Balaban J connectivity index is 1.53. The smallest absolute Gasteiger partial charge is 0.222 e. The van der Waals surface area contributed by atoms with Gasteiger partial charge in [0.2, 0.25) is 5.69 Å². The van der Waals surface area contributed by atoms with Gasteiger partial charge in [-0.25, -0.2) is 28.1 Å². The Morgan fingerprint density at radius 3 is 2.11 bits per heavy atom. The standard InChI is InChI=1S/C36H28F2N6O3/c1-39-31-9-5-7-28(34(31)38)32-21-44-36(41-33(42-44)18-29-25(22-45)6-4-8-30(29)37)35(40-32)43(19-23-10-14-26(46-2)15-11-23)20-24-12-16-27(47-3)17-13-24/h4-17,21-22H,18-20H2,2-3H3. The van der Waals surface area contributed by atoms with Gasteiger partial charge in [-0.05, 0) is 41.5 Å². The number of aldehydes is 1. The van der Waals surface area contributed by atoms with Crippen molar-refractivity contribution in [1.82, 2.24) is 19.6 Å².